The summed E-state index contributed by atoms with van der Waals surface area (Å²) in [4.78, 5) is 24.4. The van der Waals surface area contributed by atoms with E-state index in [9.17, 15) is 9.59 Å². The zero-order chi connectivity index (χ0) is 16.2. The largest absolute Gasteiger partial charge is 0.481 e. The van der Waals surface area contributed by atoms with Crippen molar-refractivity contribution in [1.82, 2.24) is 5.32 Å². The first-order chi connectivity index (χ1) is 11.1. The van der Waals surface area contributed by atoms with Crippen molar-refractivity contribution in [2.45, 2.75) is 31.7 Å². The summed E-state index contributed by atoms with van der Waals surface area (Å²) in [5.74, 6) is -1.06. The second-order valence-electron chi connectivity index (χ2n) is 5.91. The fraction of sp³-hybridized carbons (Fsp3) is 0.333. The molecule has 0 spiro atoms. The zero-order valence-corrected chi connectivity index (χ0v) is 13.5. The van der Waals surface area contributed by atoms with Crippen LogP contribution in [0.3, 0.4) is 0 Å². The summed E-state index contributed by atoms with van der Waals surface area (Å²) in [6, 6.07) is 11.7. The predicted molar refractivity (Wildman–Crippen MR) is 90.6 cm³/mol. The number of aliphatic carboxylic acids is 1. The Bertz CT molecular complexity index is 671. The first kappa shape index (κ1) is 15.7. The van der Waals surface area contributed by atoms with E-state index in [1.54, 1.807) is 11.3 Å². The summed E-state index contributed by atoms with van der Waals surface area (Å²) >= 11 is 1.67. The molecule has 0 aliphatic heterocycles. The van der Waals surface area contributed by atoms with Gasteiger partial charge in [-0.1, -0.05) is 18.2 Å². The normalized spacial score (nSPS) is 20.9. The van der Waals surface area contributed by atoms with E-state index in [4.69, 9.17) is 5.11 Å². The van der Waals surface area contributed by atoms with Gasteiger partial charge in [-0.25, -0.2) is 0 Å². The van der Waals surface area contributed by atoms with Gasteiger partial charge < -0.3 is 10.4 Å². The molecule has 23 heavy (non-hydrogen) atoms. The monoisotopic (exact) mass is 329 g/mol. The maximum absolute atomic E-state index is 12.3. The fourth-order valence-electron chi connectivity index (χ4n) is 2.98. The van der Waals surface area contributed by atoms with Crippen LogP contribution in [0.15, 0.2) is 41.8 Å². The van der Waals surface area contributed by atoms with E-state index in [1.807, 2.05) is 35.7 Å². The summed E-state index contributed by atoms with van der Waals surface area (Å²) in [5.41, 5.74) is 1.75. The van der Waals surface area contributed by atoms with Gasteiger partial charge in [0.15, 0.2) is 0 Å². The van der Waals surface area contributed by atoms with Crippen LogP contribution in [0, 0.1) is 5.92 Å². The van der Waals surface area contributed by atoms with Crippen LogP contribution in [-0.4, -0.2) is 23.0 Å². The number of carboxylic acid groups (broad SMARTS) is 1. The van der Waals surface area contributed by atoms with Crippen molar-refractivity contribution in [2.75, 3.05) is 0 Å². The Morgan fingerprint density at radius 3 is 2.30 bits per heavy atom. The lowest BCUT2D eigenvalue weighted by Crippen LogP contribution is -2.38. The minimum atomic E-state index is -0.723. The third kappa shape index (κ3) is 3.79. The van der Waals surface area contributed by atoms with Crippen LogP contribution in [0.1, 0.15) is 36.0 Å². The van der Waals surface area contributed by atoms with Gasteiger partial charge >= 0.3 is 5.97 Å². The summed E-state index contributed by atoms with van der Waals surface area (Å²) in [7, 11) is 0. The number of carbonyl (C=O) groups excluding carboxylic acids is 1. The molecule has 1 saturated carbocycles. The van der Waals surface area contributed by atoms with E-state index in [0.29, 0.717) is 18.4 Å². The highest BCUT2D eigenvalue weighted by molar-refractivity contribution is 7.13. The number of amides is 1. The van der Waals surface area contributed by atoms with Gasteiger partial charge in [0.1, 0.15) is 0 Å². The lowest BCUT2D eigenvalue weighted by molar-refractivity contribution is -0.142. The number of hydrogen-bond acceptors (Lipinski definition) is 3. The van der Waals surface area contributed by atoms with Crippen LogP contribution in [-0.2, 0) is 4.79 Å². The molecule has 0 unspecified atom stereocenters. The van der Waals surface area contributed by atoms with E-state index in [0.717, 1.165) is 18.4 Å². The molecular formula is C18H19NO3S. The number of carboxylic acids is 1. The van der Waals surface area contributed by atoms with Crippen LogP contribution >= 0.6 is 11.3 Å². The Kier molecular flexibility index (Phi) is 4.76. The predicted octanol–water partition coefficient (Wildman–Crippen LogP) is 3.79. The molecule has 1 heterocycles. The number of thiophene rings is 1. The molecule has 2 N–H and O–H groups in total. The van der Waals surface area contributed by atoms with E-state index in [2.05, 4.69) is 11.4 Å². The summed E-state index contributed by atoms with van der Waals surface area (Å²) in [6.07, 6.45) is 2.74. The second-order valence-corrected chi connectivity index (χ2v) is 6.86. The van der Waals surface area contributed by atoms with Gasteiger partial charge in [0.2, 0.25) is 0 Å². The molecule has 5 heteroatoms. The second kappa shape index (κ2) is 6.96. The smallest absolute Gasteiger partial charge is 0.306 e. The zero-order valence-electron chi connectivity index (χ0n) is 12.7. The SMILES string of the molecule is O=C(NC1CCC(C(=O)O)CC1)c1ccc(-c2cccs2)cc1. The van der Waals surface area contributed by atoms with Crippen molar-refractivity contribution in [3.05, 3.63) is 47.3 Å². The van der Waals surface area contributed by atoms with Gasteiger partial charge in [0.25, 0.3) is 5.91 Å². The average molecular weight is 329 g/mol. The van der Waals surface area contributed by atoms with Gasteiger partial charge in [-0.3, -0.25) is 9.59 Å². The summed E-state index contributed by atoms with van der Waals surface area (Å²) in [5, 5.41) is 14.1. The average Bonchev–Trinajstić information content (AvgIpc) is 3.10. The fourth-order valence-corrected chi connectivity index (χ4v) is 3.72. The van der Waals surface area contributed by atoms with Gasteiger partial charge in [-0.15, -0.1) is 11.3 Å². The van der Waals surface area contributed by atoms with Crippen molar-refractivity contribution >= 4 is 23.2 Å². The Morgan fingerprint density at radius 2 is 1.74 bits per heavy atom. The van der Waals surface area contributed by atoms with Gasteiger partial charge in [-0.2, -0.15) is 0 Å². The third-order valence-corrected chi connectivity index (χ3v) is 5.28. The Labute approximate surface area is 139 Å². The first-order valence-corrected chi connectivity index (χ1v) is 8.69. The maximum Gasteiger partial charge on any atom is 0.306 e. The standard InChI is InChI=1S/C18H19NO3S/c20-17(19-15-9-7-14(8-10-15)18(21)22)13-5-3-12(4-6-13)16-2-1-11-23-16/h1-6,11,14-15H,7-10H2,(H,19,20)(H,21,22). The van der Waals surface area contributed by atoms with Crippen molar-refractivity contribution in [3.8, 4) is 10.4 Å². The van der Waals surface area contributed by atoms with Gasteiger partial charge in [0.05, 0.1) is 5.92 Å². The van der Waals surface area contributed by atoms with Crippen LogP contribution < -0.4 is 5.32 Å². The van der Waals surface area contributed by atoms with Gasteiger partial charge in [-0.05, 0) is 54.8 Å². The summed E-state index contributed by atoms with van der Waals surface area (Å²) < 4.78 is 0. The van der Waals surface area contributed by atoms with Crippen molar-refractivity contribution < 1.29 is 14.7 Å². The van der Waals surface area contributed by atoms with Crippen molar-refractivity contribution in [1.29, 1.82) is 0 Å². The van der Waals surface area contributed by atoms with Crippen LogP contribution in [0.2, 0.25) is 0 Å². The highest BCUT2D eigenvalue weighted by Crippen LogP contribution is 2.26. The maximum atomic E-state index is 12.3. The topological polar surface area (TPSA) is 66.4 Å². The summed E-state index contributed by atoms with van der Waals surface area (Å²) in [6.45, 7) is 0. The van der Waals surface area contributed by atoms with Crippen LogP contribution in [0.25, 0.3) is 10.4 Å². The minimum absolute atomic E-state index is 0.0788. The van der Waals surface area contributed by atoms with Gasteiger partial charge in [0, 0.05) is 16.5 Å². The lowest BCUT2D eigenvalue weighted by atomic mass is 9.86. The molecule has 0 radical (unpaired) electrons. The molecule has 0 bridgehead atoms. The van der Waals surface area contributed by atoms with Crippen molar-refractivity contribution in [2.24, 2.45) is 5.92 Å². The molecule has 1 aliphatic carbocycles. The number of carbonyl (C=O) groups is 2. The number of benzene rings is 1. The molecule has 0 saturated heterocycles. The third-order valence-electron chi connectivity index (χ3n) is 4.36. The molecule has 3 rings (SSSR count). The molecule has 1 aromatic carbocycles. The minimum Gasteiger partial charge on any atom is -0.481 e. The highest BCUT2D eigenvalue weighted by atomic mass is 32.1. The van der Waals surface area contributed by atoms with Crippen LogP contribution in [0.5, 0.6) is 0 Å². The lowest BCUT2D eigenvalue weighted by Gasteiger charge is -2.26. The molecule has 1 amide bonds. The molecule has 2 aromatic rings. The van der Waals surface area contributed by atoms with Crippen molar-refractivity contribution in [3.63, 3.8) is 0 Å². The van der Waals surface area contributed by atoms with Crippen LogP contribution in [0.4, 0.5) is 0 Å². The first-order valence-electron chi connectivity index (χ1n) is 7.81. The van der Waals surface area contributed by atoms with E-state index in [1.165, 1.54) is 4.88 Å². The van der Waals surface area contributed by atoms with E-state index < -0.39 is 5.97 Å². The van der Waals surface area contributed by atoms with E-state index >= 15 is 0 Å². The number of hydrogen-bond donors (Lipinski definition) is 2. The Balaban J connectivity index is 1.57. The quantitative estimate of drug-likeness (QED) is 0.897. The number of nitrogens with one attached hydrogen (secondary N) is 1. The molecule has 1 aromatic heterocycles. The van der Waals surface area contributed by atoms with E-state index in [-0.39, 0.29) is 17.9 Å². The highest BCUT2D eigenvalue weighted by Gasteiger charge is 2.26. The Morgan fingerprint density at radius 1 is 1.04 bits per heavy atom. The molecular weight excluding hydrogens is 310 g/mol. The Hall–Kier alpha value is -2.14. The number of rotatable bonds is 4. The molecule has 4 nitrogen and oxygen atoms in total. The molecule has 1 fully saturated rings. The molecule has 0 atom stereocenters. The molecule has 120 valence electrons. The molecule has 1 aliphatic rings.